The summed E-state index contributed by atoms with van der Waals surface area (Å²) in [6.07, 6.45) is 2.03. The van der Waals surface area contributed by atoms with Crippen molar-refractivity contribution in [3.8, 4) is 5.75 Å². The summed E-state index contributed by atoms with van der Waals surface area (Å²) < 4.78 is 25.2. The topological polar surface area (TPSA) is 71.4 Å². The van der Waals surface area contributed by atoms with Crippen LogP contribution in [0.25, 0.3) is 0 Å². The molecule has 2 amide bonds. The number of rotatable bonds is 9. The third-order valence-electron chi connectivity index (χ3n) is 5.98. The van der Waals surface area contributed by atoms with E-state index >= 15 is 0 Å². The maximum atomic E-state index is 14.5. The van der Waals surface area contributed by atoms with Gasteiger partial charge in [-0.25, -0.2) is 9.40 Å². The van der Waals surface area contributed by atoms with E-state index in [0.29, 0.717) is 36.6 Å². The number of hydrazone groups is 1. The van der Waals surface area contributed by atoms with E-state index in [-0.39, 0.29) is 24.3 Å². The van der Waals surface area contributed by atoms with Crippen molar-refractivity contribution >= 4 is 17.5 Å². The van der Waals surface area contributed by atoms with Crippen molar-refractivity contribution in [2.24, 2.45) is 11.0 Å². The molecule has 2 aliphatic rings. The minimum Gasteiger partial charge on any atom is -0.496 e. The maximum Gasteiger partial charge on any atom is 0.262 e. The van der Waals surface area contributed by atoms with Crippen molar-refractivity contribution in [3.63, 3.8) is 0 Å². The first kappa shape index (κ1) is 22.9. The Labute approximate surface area is 192 Å². The molecular weight excluding hydrogens is 425 g/mol. The minimum atomic E-state index is -0.469. The minimum absolute atomic E-state index is 0.0178. The summed E-state index contributed by atoms with van der Waals surface area (Å²) in [6.45, 7) is 0.554. The largest absolute Gasteiger partial charge is 0.496 e. The molecule has 4 rings (SSSR count). The van der Waals surface area contributed by atoms with Crippen LogP contribution in [-0.4, -0.2) is 61.4 Å². The Morgan fingerprint density at radius 3 is 2.55 bits per heavy atom. The third-order valence-corrected chi connectivity index (χ3v) is 5.98. The zero-order valence-corrected chi connectivity index (χ0v) is 18.9. The molecule has 0 bridgehead atoms. The van der Waals surface area contributed by atoms with Crippen molar-refractivity contribution in [1.82, 2.24) is 9.91 Å². The third kappa shape index (κ3) is 5.06. The highest BCUT2D eigenvalue weighted by Gasteiger charge is 2.38. The number of nitrogens with zero attached hydrogens (tertiary/aromatic N) is 3. The van der Waals surface area contributed by atoms with Crippen molar-refractivity contribution < 1.29 is 23.5 Å². The van der Waals surface area contributed by atoms with Crippen LogP contribution in [-0.2, 0) is 14.3 Å². The van der Waals surface area contributed by atoms with Crippen LogP contribution in [0.1, 0.15) is 36.4 Å². The summed E-state index contributed by atoms with van der Waals surface area (Å²) in [4.78, 5) is 27.7. The van der Waals surface area contributed by atoms with Crippen LogP contribution >= 0.6 is 0 Å². The molecule has 33 heavy (non-hydrogen) atoms. The Balaban J connectivity index is 1.65. The highest BCUT2D eigenvalue weighted by molar-refractivity contribution is 6.03. The van der Waals surface area contributed by atoms with Gasteiger partial charge in [-0.05, 0) is 25.0 Å². The Hall–Kier alpha value is -3.26. The lowest BCUT2D eigenvalue weighted by Crippen LogP contribution is -2.43. The molecule has 0 spiro atoms. The molecule has 8 heteroatoms. The molecule has 0 unspecified atom stereocenters. The second kappa shape index (κ2) is 10.1. The number of carbonyl (C=O) groups excluding carboxylic acids is 2. The van der Waals surface area contributed by atoms with E-state index in [1.165, 1.54) is 11.1 Å². The zero-order valence-electron chi connectivity index (χ0n) is 18.9. The first-order valence-electron chi connectivity index (χ1n) is 11.1. The van der Waals surface area contributed by atoms with Crippen LogP contribution in [0.4, 0.5) is 4.39 Å². The quantitative estimate of drug-likeness (QED) is 0.584. The van der Waals surface area contributed by atoms with E-state index in [2.05, 4.69) is 5.10 Å². The van der Waals surface area contributed by atoms with Gasteiger partial charge in [-0.15, -0.1) is 0 Å². The molecule has 7 nitrogen and oxygen atoms in total. The van der Waals surface area contributed by atoms with Gasteiger partial charge in [0.2, 0.25) is 5.91 Å². The van der Waals surface area contributed by atoms with E-state index in [4.69, 9.17) is 9.47 Å². The number of carbonyl (C=O) groups is 2. The average molecular weight is 454 g/mol. The number of methoxy groups -OCH3 is 2. The molecule has 1 aliphatic heterocycles. The van der Waals surface area contributed by atoms with Gasteiger partial charge >= 0.3 is 0 Å². The Bertz CT molecular complexity index is 1050. The second-order valence-electron chi connectivity index (χ2n) is 8.25. The molecule has 0 N–H and O–H groups in total. The van der Waals surface area contributed by atoms with Crippen LogP contribution in [0.2, 0.25) is 0 Å². The molecule has 1 atom stereocenters. The predicted molar refractivity (Wildman–Crippen MR) is 121 cm³/mol. The van der Waals surface area contributed by atoms with Gasteiger partial charge in [0.15, 0.2) is 0 Å². The molecule has 1 fully saturated rings. The number of halogens is 1. The Morgan fingerprint density at radius 1 is 1.12 bits per heavy atom. The number of benzene rings is 2. The molecule has 0 aromatic heterocycles. The number of para-hydroxylation sites is 1. The van der Waals surface area contributed by atoms with Crippen LogP contribution in [0.5, 0.6) is 5.75 Å². The summed E-state index contributed by atoms with van der Waals surface area (Å²) in [5, 5.41) is 5.92. The second-order valence-corrected chi connectivity index (χ2v) is 8.25. The molecule has 2 aromatic rings. The SMILES string of the molecule is COCCN(CC(=O)N1N=C(c2ccccc2F)C[C@H]1c1ccccc1OC)C(=O)C1CC1. The van der Waals surface area contributed by atoms with Gasteiger partial charge in [-0.2, -0.15) is 5.10 Å². The summed E-state index contributed by atoms with van der Waals surface area (Å²) in [6, 6.07) is 13.3. The van der Waals surface area contributed by atoms with Gasteiger partial charge in [-0.3, -0.25) is 9.59 Å². The molecule has 1 aliphatic carbocycles. The fraction of sp³-hybridized carbons (Fsp3) is 0.400. The Morgan fingerprint density at radius 2 is 1.85 bits per heavy atom. The number of hydrogen-bond donors (Lipinski definition) is 0. The van der Waals surface area contributed by atoms with E-state index in [0.717, 1.165) is 18.4 Å². The van der Waals surface area contributed by atoms with E-state index in [1.54, 1.807) is 37.3 Å². The zero-order chi connectivity index (χ0) is 23.4. The molecule has 1 saturated carbocycles. The normalized spacial score (nSPS) is 17.6. The summed E-state index contributed by atoms with van der Waals surface area (Å²) in [5.74, 6) is -0.157. The molecule has 2 aromatic carbocycles. The van der Waals surface area contributed by atoms with Gasteiger partial charge < -0.3 is 14.4 Å². The van der Waals surface area contributed by atoms with Crippen LogP contribution in [0.15, 0.2) is 53.6 Å². The average Bonchev–Trinajstić information content (AvgIpc) is 3.59. The van der Waals surface area contributed by atoms with Crippen LogP contribution in [0.3, 0.4) is 0 Å². The molecule has 1 heterocycles. The smallest absolute Gasteiger partial charge is 0.262 e. The first-order valence-corrected chi connectivity index (χ1v) is 11.1. The van der Waals surface area contributed by atoms with E-state index in [1.807, 2.05) is 24.3 Å². The lowest BCUT2D eigenvalue weighted by atomic mass is 9.97. The lowest BCUT2D eigenvalue weighted by Gasteiger charge is -2.27. The highest BCUT2D eigenvalue weighted by Crippen LogP contribution is 2.38. The Kier molecular flexibility index (Phi) is 7.03. The van der Waals surface area contributed by atoms with Crippen molar-refractivity contribution in [2.45, 2.75) is 25.3 Å². The maximum absolute atomic E-state index is 14.5. The molecule has 0 radical (unpaired) electrons. The predicted octanol–water partition coefficient (Wildman–Crippen LogP) is 3.40. The summed E-state index contributed by atoms with van der Waals surface area (Å²) >= 11 is 0. The monoisotopic (exact) mass is 453 g/mol. The first-order chi connectivity index (χ1) is 16.0. The molecular formula is C25H28FN3O4. The van der Waals surface area contributed by atoms with Gasteiger partial charge in [0, 0.05) is 37.1 Å². The number of hydrogen-bond acceptors (Lipinski definition) is 5. The van der Waals surface area contributed by atoms with Crippen molar-refractivity contribution in [1.29, 1.82) is 0 Å². The van der Waals surface area contributed by atoms with E-state index in [9.17, 15) is 14.0 Å². The van der Waals surface area contributed by atoms with Crippen LogP contribution in [0, 0.1) is 11.7 Å². The van der Waals surface area contributed by atoms with Crippen molar-refractivity contribution in [3.05, 3.63) is 65.5 Å². The lowest BCUT2D eigenvalue weighted by molar-refractivity contribution is -0.142. The fourth-order valence-corrected chi connectivity index (χ4v) is 4.08. The molecule has 0 saturated heterocycles. The summed E-state index contributed by atoms with van der Waals surface area (Å²) in [5.41, 5.74) is 1.62. The van der Waals surface area contributed by atoms with Crippen molar-refractivity contribution in [2.75, 3.05) is 33.9 Å². The van der Waals surface area contributed by atoms with E-state index < -0.39 is 11.9 Å². The van der Waals surface area contributed by atoms with Gasteiger partial charge in [0.1, 0.15) is 18.1 Å². The fourth-order valence-electron chi connectivity index (χ4n) is 4.08. The van der Waals surface area contributed by atoms with Crippen LogP contribution < -0.4 is 4.74 Å². The highest BCUT2D eigenvalue weighted by atomic mass is 19.1. The number of amides is 2. The summed E-state index contributed by atoms with van der Waals surface area (Å²) in [7, 11) is 3.13. The van der Waals surface area contributed by atoms with Gasteiger partial charge in [0.05, 0.1) is 25.5 Å². The van der Waals surface area contributed by atoms with Gasteiger partial charge in [0.25, 0.3) is 5.91 Å². The van der Waals surface area contributed by atoms with Gasteiger partial charge in [-0.1, -0.05) is 36.4 Å². The number of ether oxygens (including phenoxy) is 2. The molecule has 174 valence electrons. The standard InChI is InChI=1S/C25H28FN3O4/c1-32-14-13-28(25(31)17-11-12-17)16-24(30)29-22(19-8-4-6-10-23(19)33-2)15-21(27-29)18-7-3-5-9-20(18)26/h3-10,17,22H,11-16H2,1-2H3/t22-/m0/s1.